The quantitative estimate of drug-likeness (QED) is 0.169. The van der Waals surface area contributed by atoms with Crippen molar-refractivity contribution in [2.45, 2.75) is 13.1 Å². The molecule has 0 fully saturated rings. The summed E-state index contributed by atoms with van der Waals surface area (Å²) < 4.78 is 6.62. The summed E-state index contributed by atoms with van der Waals surface area (Å²) in [6, 6.07) is 57.6. The Morgan fingerprint density at radius 1 is 0.404 bits per heavy atom. The normalized spacial score (nSPS) is 13.0. The summed E-state index contributed by atoms with van der Waals surface area (Å²) in [7, 11) is -2.16. The third-order valence-electron chi connectivity index (χ3n) is 10.5. The van der Waals surface area contributed by atoms with E-state index in [9.17, 15) is 0 Å². The van der Waals surface area contributed by atoms with Crippen LogP contribution in [0.2, 0.25) is 13.1 Å². The van der Waals surface area contributed by atoms with Crippen LogP contribution in [-0.2, 0) is 0 Å². The Kier molecular flexibility index (Phi) is 6.91. The molecule has 0 saturated carbocycles. The summed E-state index contributed by atoms with van der Waals surface area (Å²) in [5.41, 5.74) is 11.7. The van der Waals surface area contributed by atoms with E-state index < -0.39 is 8.07 Å². The highest BCUT2D eigenvalue weighted by Gasteiger charge is 2.40. The van der Waals surface area contributed by atoms with Gasteiger partial charge in [-0.25, -0.2) is 15.0 Å². The zero-order chi connectivity index (χ0) is 34.8. The van der Waals surface area contributed by atoms with Crippen molar-refractivity contribution in [3.05, 3.63) is 164 Å². The number of nitrogens with zero attached hydrogens (tertiary/aromatic N) is 3. The Morgan fingerprint density at radius 3 is 1.71 bits per heavy atom. The highest BCUT2D eigenvalue weighted by atomic mass is 28.3. The molecule has 0 spiro atoms. The van der Waals surface area contributed by atoms with E-state index in [1.54, 1.807) is 0 Å². The van der Waals surface area contributed by atoms with Crippen molar-refractivity contribution in [3.8, 4) is 67.5 Å². The first-order valence-electron chi connectivity index (χ1n) is 17.7. The third-order valence-corrected chi connectivity index (χ3v) is 14.1. The van der Waals surface area contributed by atoms with E-state index in [1.165, 1.54) is 32.6 Å². The molecule has 0 amide bonds. The molecule has 9 aromatic rings. The van der Waals surface area contributed by atoms with E-state index in [0.29, 0.717) is 17.5 Å². The fourth-order valence-corrected chi connectivity index (χ4v) is 11.4. The SMILES string of the molecule is C[Si]1(C)c2ccc(-c3ccccc3)cc2-c2cccc(-c3nc(-c4ccccc4)nc(-c4cc(-c5ccccc5)cc5c4oc4ccccc45)n3)c21. The van der Waals surface area contributed by atoms with Crippen molar-refractivity contribution in [2.24, 2.45) is 0 Å². The number of furan rings is 1. The van der Waals surface area contributed by atoms with Gasteiger partial charge in [0.1, 0.15) is 19.2 Å². The van der Waals surface area contributed by atoms with Crippen molar-refractivity contribution in [3.63, 3.8) is 0 Å². The van der Waals surface area contributed by atoms with Gasteiger partial charge in [0.15, 0.2) is 17.5 Å². The van der Waals surface area contributed by atoms with Gasteiger partial charge in [-0.3, -0.25) is 0 Å². The van der Waals surface area contributed by atoms with Crippen molar-refractivity contribution in [2.75, 3.05) is 0 Å². The van der Waals surface area contributed by atoms with E-state index in [1.807, 2.05) is 36.4 Å². The van der Waals surface area contributed by atoms with Gasteiger partial charge in [-0.1, -0.05) is 153 Å². The maximum absolute atomic E-state index is 6.62. The lowest BCUT2D eigenvalue weighted by molar-refractivity contribution is 0.669. The first kappa shape index (κ1) is 30.4. The summed E-state index contributed by atoms with van der Waals surface area (Å²) >= 11 is 0. The van der Waals surface area contributed by atoms with Gasteiger partial charge < -0.3 is 4.42 Å². The monoisotopic (exact) mass is 683 g/mol. The van der Waals surface area contributed by atoms with E-state index in [0.717, 1.165) is 49.8 Å². The van der Waals surface area contributed by atoms with Crippen LogP contribution in [0.3, 0.4) is 0 Å². The summed E-state index contributed by atoms with van der Waals surface area (Å²) in [5.74, 6) is 1.89. The number of aromatic nitrogens is 3. The minimum Gasteiger partial charge on any atom is -0.455 e. The van der Waals surface area contributed by atoms with Crippen LogP contribution in [-0.4, -0.2) is 23.0 Å². The second-order valence-corrected chi connectivity index (χ2v) is 18.3. The molecule has 0 atom stereocenters. The maximum Gasteiger partial charge on any atom is 0.167 e. The highest BCUT2D eigenvalue weighted by molar-refractivity contribution is 7.04. The molecule has 246 valence electrons. The van der Waals surface area contributed by atoms with Crippen molar-refractivity contribution in [1.82, 2.24) is 15.0 Å². The van der Waals surface area contributed by atoms with Gasteiger partial charge in [0.25, 0.3) is 0 Å². The smallest absolute Gasteiger partial charge is 0.167 e. The molecule has 0 aliphatic carbocycles. The predicted molar refractivity (Wildman–Crippen MR) is 216 cm³/mol. The maximum atomic E-state index is 6.62. The molecule has 10 rings (SSSR count). The van der Waals surface area contributed by atoms with Gasteiger partial charge in [-0.2, -0.15) is 0 Å². The van der Waals surface area contributed by atoms with E-state index in [4.69, 9.17) is 19.4 Å². The zero-order valence-electron chi connectivity index (χ0n) is 28.8. The summed E-state index contributed by atoms with van der Waals surface area (Å²) in [6.07, 6.45) is 0. The molecule has 0 radical (unpaired) electrons. The van der Waals surface area contributed by atoms with Crippen molar-refractivity contribution >= 4 is 40.4 Å². The molecule has 3 heterocycles. The van der Waals surface area contributed by atoms with Gasteiger partial charge in [-0.15, -0.1) is 0 Å². The molecule has 0 saturated heterocycles. The lowest BCUT2D eigenvalue weighted by atomic mass is 9.97. The van der Waals surface area contributed by atoms with Crippen LogP contribution in [0.25, 0.3) is 89.5 Å². The topological polar surface area (TPSA) is 51.8 Å². The van der Waals surface area contributed by atoms with E-state index >= 15 is 0 Å². The molecule has 7 aromatic carbocycles. The Morgan fingerprint density at radius 2 is 0.981 bits per heavy atom. The average Bonchev–Trinajstić information content (AvgIpc) is 3.70. The molecule has 0 unspecified atom stereocenters. The van der Waals surface area contributed by atoms with Crippen LogP contribution in [0.15, 0.2) is 168 Å². The van der Waals surface area contributed by atoms with Gasteiger partial charge in [0, 0.05) is 21.9 Å². The summed E-state index contributed by atoms with van der Waals surface area (Å²) in [6.45, 7) is 4.90. The molecule has 52 heavy (non-hydrogen) atoms. The number of fused-ring (bicyclic) bond motifs is 6. The first-order valence-corrected chi connectivity index (χ1v) is 20.7. The second kappa shape index (κ2) is 11.8. The van der Waals surface area contributed by atoms with Gasteiger partial charge in [-0.05, 0) is 68.0 Å². The van der Waals surface area contributed by atoms with E-state index in [-0.39, 0.29) is 0 Å². The fourth-order valence-electron chi connectivity index (χ4n) is 8.02. The predicted octanol–water partition coefficient (Wildman–Crippen LogP) is 10.9. The molecule has 5 heteroatoms. The fraction of sp³-hybridized carbons (Fsp3) is 0.0426. The molecule has 2 aromatic heterocycles. The number of rotatable bonds is 5. The molecule has 0 bridgehead atoms. The molecular formula is C47H33N3OSi. The molecule has 4 nitrogen and oxygen atoms in total. The number of benzene rings is 7. The largest absolute Gasteiger partial charge is 0.455 e. The van der Waals surface area contributed by atoms with Gasteiger partial charge in [0.2, 0.25) is 0 Å². The zero-order valence-corrected chi connectivity index (χ0v) is 29.8. The molecule has 1 aliphatic heterocycles. The van der Waals surface area contributed by atoms with Crippen LogP contribution in [0, 0.1) is 0 Å². The number of hydrogen-bond donors (Lipinski definition) is 0. The lowest BCUT2D eigenvalue weighted by Gasteiger charge is -2.22. The highest BCUT2D eigenvalue weighted by Crippen LogP contribution is 2.40. The van der Waals surface area contributed by atoms with Crippen LogP contribution >= 0.6 is 0 Å². The third kappa shape index (κ3) is 4.85. The second-order valence-electron chi connectivity index (χ2n) is 14.0. The van der Waals surface area contributed by atoms with Gasteiger partial charge >= 0.3 is 0 Å². The van der Waals surface area contributed by atoms with Crippen LogP contribution in [0.1, 0.15) is 0 Å². The van der Waals surface area contributed by atoms with Crippen LogP contribution in [0.4, 0.5) is 0 Å². The van der Waals surface area contributed by atoms with Gasteiger partial charge in [0.05, 0.1) is 5.56 Å². The summed E-state index contributed by atoms with van der Waals surface area (Å²) in [4.78, 5) is 15.8. The molecular weight excluding hydrogens is 651 g/mol. The number of para-hydroxylation sites is 1. The molecule has 1 aliphatic rings. The Bertz CT molecular complexity index is 2810. The Hall–Kier alpha value is -6.43. The standard InChI is InChI=1S/C47H33N3OSi/c1-52(2)42-26-25-33(30-15-6-3-7-16-30)27-38(42)36-22-14-23-37(44(36)52)46-48-45(32-19-10-5-11-20-32)49-47(50-46)40-29-34(31-17-8-4-9-18-31)28-39-35-21-12-13-24-41(35)51-43(39)40/h3-29H,1-2H3. The van der Waals surface area contributed by atoms with Crippen LogP contribution in [0.5, 0.6) is 0 Å². The molecule has 0 N–H and O–H groups in total. The lowest BCUT2D eigenvalue weighted by Crippen LogP contribution is -2.50. The average molecular weight is 684 g/mol. The number of hydrogen-bond acceptors (Lipinski definition) is 4. The minimum atomic E-state index is -2.16. The van der Waals surface area contributed by atoms with Crippen molar-refractivity contribution < 1.29 is 4.42 Å². The Labute approximate surface area is 303 Å². The van der Waals surface area contributed by atoms with Crippen molar-refractivity contribution in [1.29, 1.82) is 0 Å². The van der Waals surface area contributed by atoms with Crippen LogP contribution < -0.4 is 10.4 Å². The summed E-state index contributed by atoms with van der Waals surface area (Å²) in [5, 5.41) is 4.90. The minimum absolute atomic E-state index is 0.588. The first-order chi connectivity index (χ1) is 25.5. The van der Waals surface area contributed by atoms with E-state index in [2.05, 4.69) is 140 Å². The Balaban J connectivity index is 1.23.